The lowest BCUT2D eigenvalue weighted by Gasteiger charge is -2.48. The highest BCUT2D eigenvalue weighted by Crippen LogP contribution is 2.52. The van der Waals surface area contributed by atoms with Crippen LogP contribution in [0.2, 0.25) is 0 Å². The number of aliphatic hydroxyl groups is 2. The molecule has 1 aliphatic carbocycles. The first-order valence-electron chi connectivity index (χ1n) is 8.77. The molecule has 0 spiro atoms. The molecule has 0 aromatic rings. The van der Waals surface area contributed by atoms with Gasteiger partial charge in [-0.15, -0.1) is 6.58 Å². The van der Waals surface area contributed by atoms with Crippen molar-refractivity contribution < 1.29 is 29.3 Å². The van der Waals surface area contributed by atoms with Gasteiger partial charge in [0.1, 0.15) is 12.7 Å². The molecule has 1 heterocycles. The minimum atomic E-state index is -1.23. The number of carbonyl (C=O) groups is 2. The Bertz CT molecular complexity index is 636. The van der Waals surface area contributed by atoms with Gasteiger partial charge in [-0.3, -0.25) is 0 Å². The number of rotatable bonds is 6. The van der Waals surface area contributed by atoms with Gasteiger partial charge < -0.3 is 19.7 Å². The minimum absolute atomic E-state index is 0.0963. The van der Waals surface area contributed by atoms with E-state index in [0.29, 0.717) is 12.0 Å². The molecule has 0 bridgehead atoms. The third-order valence-electron chi connectivity index (χ3n) is 5.53. The summed E-state index contributed by atoms with van der Waals surface area (Å²) in [5, 5.41) is 20.8. The van der Waals surface area contributed by atoms with E-state index < -0.39 is 47.5 Å². The summed E-state index contributed by atoms with van der Waals surface area (Å²) in [4.78, 5) is 24.0. The maximum absolute atomic E-state index is 12.1. The van der Waals surface area contributed by atoms with Gasteiger partial charge >= 0.3 is 11.9 Å². The van der Waals surface area contributed by atoms with Gasteiger partial charge in [0.2, 0.25) is 0 Å². The number of hydrogen-bond acceptors (Lipinski definition) is 6. The number of carbonyl (C=O) groups excluding carboxylic acids is 2. The third kappa shape index (κ3) is 3.35. The van der Waals surface area contributed by atoms with Crippen molar-refractivity contribution in [3.63, 3.8) is 0 Å². The van der Waals surface area contributed by atoms with Crippen molar-refractivity contribution >= 4 is 11.9 Å². The number of fused-ring (bicyclic) bond motifs is 1. The first-order valence-corrected chi connectivity index (χ1v) is 8.77. The van der Waals surface area contributed by atoms with Crippen LogP contribution in [0.1, 0.15) is 27.2 Å². The molecule has 2 N–H and O–H groups in total. The molecule has 2 rings (SSSR count). The Morgan fingerprint density at radius 3 is 2.62 bits per heavy atom. The van der Waals surface area contributed by atoms with Crippen LogP contribution in [0.5, 0.6) is 0 Å². The summed E-state index contributed by atoms with van der Waals surface area (Å²) >= 11 is 0. The van der Waals surface area contributed by atoms with E-state index in [0.717, 1.165) is 0 Å². The average molecular weight is 364 g/mol. The molecular formula is C20H28O6. The van der Waals surface area contributed by atoms with E-state index in [1.54, 1.807) is 26.8 Å². The fraction of sp³-hybridized carbons (Fsp3) is 0.600. The molecule has 6 atom stereocenters. The Morgan fingerprint density at radius 1 is 1.50 bits per heavy atom. The normalized spacial score (nSPS) is 34.8. The second-order valence-electron chi connectivity index (χ2n) is 7.75. The third-order valence-corrected chi connectivity index (χ3v) is 5.53. The lowest BCUT2D eigenvalue weighted by Crippen LogP contribution is -2.53. The SMILES string of the molecule is C=C[C@@]1(COC(=O)[C@H](O)C(C)C)C[C@@H]2OC(=O)C(=C)[C@@H]2[C@H](O)[C@@H]1C(=C)C. The molecule has 0 unspecified atom stereocenters. The molecule has 1 saturated heterocycles. The van der Waals surface area contributed by atoms with E-state index in [9.17, 15) is 19.8 Å². The van der Waals surface area contributed by atoms with Gasteiger partial charge in [0.05, 0.1) is 12.0 Å². The quantitative estimate of drug-likeness (QED) is 0.424. The maximum Gasteiger partial charge on any atom is 0.335 e. The summed E-state index contributed by atoms with van der Waals surface area (Å²) in [7, 11) is 0. The highest BCUT2D eigenvalue weighted by atomic mass is 16.6. The Balaban J connectivity index is 2.31. The molecule has 0 aromatic carbocycles. The molecule has 1 saturated carbocycles. The van der Waals surface area contributed by atoms with Gasteiger partial charge in [0.15, 0.2) is 6.10 Å². The molecule has 6 nitrogen and oxygen atoms in total. The van der Waals surface area contributed by atoms with Gasteiger partial charge in [-0.25, -0.2) is 9.59 Å². The Kier molecular flexibility index (Phi) is 5.78. The van der Waals surface area contributed by atoms with Crippen molar-refractivity contribution in [3.05, 3.63) is 37.0 Å². The molecule has 0 amide bonds. The molecule has 0 aromatic heterocycles. The van der Waals surface area contributed by atoms with Crippen molar-refractivity contribution in [1.82, 2.24) is 0 Å². The fourth-order valence-electron chi connectivity index (χ4n) is 4.05. The van der Waals surface area contributed by atoms with Crippen LogP contribution in [0.25, 0.3) is 0 Å². The molecule has 0 radical (unpaired) electrons. The Morgan fingerprint density at radius 2 is 2.12 bits per heavy atom. The predicted molar refractivity (Wildman–Crippen MR) is 95.9 cm³/mol. The molecule has 2 aliphatic rings. The van der Waals surface area contributed by atoms with Crippen molar-refractivity contribution in [2.75, 3.05) is 6.61 Å². The summed E-state index contributed by atoms with van der Waals surface area (Å²) in [6.07, 6.45) is -0.809. The first-order chi connectivity index (χ1) is 12.1. The van der Waals surface area contributed by atoms with Gasteiger partial charge in [0.25, 0.3) is 0 Å². The molecular weight excluding hydrogens is 336 g/mol. The molecule has 26 heavy (non-hydrogen) atoms. The number of ether oxygens (including phenoxy) is 2. The van der Waals surface area contributed by atoms with Gasteiger partial charge in [0, 0.05) is 16.9 Å². The van der Waals surface area contributed by atoms with E-state index in [4.69, 9.17) is 9.47 Å². The fourth-order valence-corrected chi connectivity index (χ4v) is 4.05. The monoisotopic (exact) mass is 364 g/mol. The number of hydrogen-bond donors (Lipinski definition) is 2. The highest BCUT2D eigenvalue weighted by molar-refractivity contribution is 5.91. The van der Waals surface area contributed by atoms with E-state index in [-0.39, 0.29) is 18.1 Å². The zero-order valence-electron chi connectivity index (χ0n) is 15.6. The van der Waals surface area contributed by atoms with E-state index in [2.05, 4.69) is 19.7 Å². The van der Waals surface area contributed by atoms with Crippen molar-refractivity contribution in [2.24, 2.45) is 23.2 Å². The predicted octanol–water partition coefficient (Wildman–Crippen LogP) is 1.77. The summed E-state index contributed by atoms with van der Waals surface area (Å²) in [6, 6.07) is 0. The average Bonchev–Trinajstić information content (AvgIpc) is 2.85. The van der Waals surface area contributed by atoms with Crippen LogP contribution in [-0.2, 0) is 19.1 Å². The molecule has 6 heteroatoms. The standard InChI is InChI=1S/C20H28O6/c1-7-20(9-25-19(24)16(21)11(4)5)8-13-14(12(6)18(23)26-13)17(22)15(20)10(2)3/h7,11,13-17,21-22H,1-2,6,8-9H2,3-5H3/t13-,14-,15-,16+,17-,20-/m0/s1. The summed E-state index contributed by atoms with van der Waals surface area (Å²) in [5.74, 6) is -2.54. The second kappa shape index (κ2) is 7.37. The topological polar surface area (TPSA) is 93.1 Å². The Hall–Kier alpha value is -1.92. The van der Waals surface area contributed by atoms with Gasteiger partial charge in [-0.05, 0) is 19.3 Å². The number of aliphatic hydroxyl groups excluding tert-OH is 2. The van der Waals surface area contributed by atoms with E-state index in [1.807, 2.05) is 0 Å². The van der Waals surface area contributed by atoms with Crippen molar-refractivity contribution in [3.8, 4) is 0 Å². The second-order valence-corrected chi connectivity index (χ2v) is 7.75. The van der Waals surface area contributed by atoms with E-state index in [1.165, 1.54) is 0 Å². The zero-order chi connectivity index (χ0) is 19.8. The van der Waals surface area contributed by atoms with Crippen LogP contribution in [0, 0.1) is 23.2 Å². The van der Waals surface area contributed by atoms with Gasteiger partial charge in [-0.2, -0.15) is 0 Å². The molecule has 1 aliphatic heterocycles. The first kappa shape index (κ1) is 20.4. The van der Waals surface area contributed by atoms with Crippen LogP contribution >= 0.6 is 0 Å². The maximum atomic E-state index is 12.1. The number of esters is 2. The van der Waals surface area contributed by atoms with E-state index >= 15 is 0 Å². The lowest BCUT2D eigenvalue weighted by atomic mass is 9.58. The van der Waals surface area contributed by atoms with Crippen LogP contribution < -0.4 is 0 Å². The summed E-state index contributed by atoms with van der Waals surface area (Å²) in [5.41, 5.74) is 0.0750. The largest absolute Gasteiger partial charge is 0.463 e. The van der Waals surface area contributed by atoms with Crippen LogP contribution in [0.3, 0.4) is 0 Å². The van der Waals surface area contributed by atoms with Crippen molar-refractivity contribution in [1.29, 1.82) is 0 Å². The summed E-state index contributed by atoms with van der Waals surface area (Å²) in [6.45, 7) is 16.7. The minimum Gasteiger partial charge on any atom is -0.463 e. The van der Waals surface area contributed by atoms with Crippen LogP contribution in [-0.4, -0.2) is 47.1 Å². The zero-order valence-corrected chi connectivity index (χ0v) is 15.6. The molecule has 2 fully saturated rings. The lowest BCUT2D eigenvalue weighted by molar-refractivity contribution is -0.166. The van der Waals surface area contributed by atoms with Crippen LogP contribution in [0.15, 0.2) is 37.0 Å². The highest BCUT2D eigenvalue weighted by Gasteiger charge is 2.57. The smallest absolute Gasteiger partial charge is 0.335 e. The molecule has 144 valence electrons. The Labute approximate surface area is 154 Å². The van der Waals surface area contributed by atoms with Gasteiger partial charge in [-0.1, -0.05) is 38.7 Å². The summed E-state index contributed by atoms with van der Waals surface area (Å²) < 4.78 is 10.7. The van der Waals surface area contributed by atoms with Crippen molar-refractivity contribution in [2.45, 2.75) is 45.5 Å². The van der Waals surface area contributed by atoms with Crippen LogP contribution in [0.4, 0.5) is 0 Å².